The Morgan fingerprint density at radius 1 is 1.03 bits per heavy atom. The zero-order valence-electron chi connectivity index (χ0n) is 17.8. The van der Waals surface area contributed by atoms with E-state index < -0.39 is 0 Å². The van der Waals surface area contributed by atoms with Gasteiger partial charge in [0.1, 0.15) is 0 Å². The van der Waals surface area contributed by atoms with Crippen molar-refractivity contribution in [2.75, 3.05) is 13.1 Å². The minimum atomic E-state index is 0.289. The van der Waals surface area contributed by atoms with E-state index in [-0.39, 0.29) is 5.92 Å². The number of aromatic amines is 2. The van der Waals surface area contributed by atoms with Crippen molar-refractivity contribution in [2.45, 2.75) is 25.8 Å². The maximum Gasteiger partial charge on any atom is 0.225 e. The summed E-state index contributed by atoms with van der Waals surface area (Å²) < 4.78 is 2.72. The number of fused-ring (bicyclic) bond motifs is 1. The molecule has 1 atom stereocenters. The van der Waals surface area contributed by atoms with Crippen LogP contribution in [-0.4, -0.2) is 43.6 Å². The molecule has 32 heavy (non-hydrogen) atoms. The third-order valence-electron chi connectivity index (χ3n) is 6.75. The van der Waals surface area contributed by atoms with Crippen molar-refractivity contribution in [3.63, 3.8) is 0 Å². The van der Waals surface area contributed by atoms with Gasteiger partial charge in [0.25, 0.3) is 0 Å². The smallest absolute Gasteiger partial charge is 0.225 e. The Morgan fingerprint density at radius 2 is 1.81 bits per heavy atom. The molecule has 1 saturated heterocycles. The molecule has 1 aliphatic carbocycles. The molecule has 162 valence electrons. The number of benzene rings is 2. The Balaban J connectivity index is 1.22. The molecule has 2 aliphatic rings. The lowest BCUT2D eigenvalue weighted by molar-refractivity contribution is -0.131. The molecular formula is C25H25N5OS. The highest BCUT2D eigenvalue weighted by Crippen LogP contribution is 2.33. The normalized spacial score (nSPS) is 18.5. The Bertz CT molecular complexity index is 1340. The van der Waals surface area contributed by atoms with Gasteiger partial charge in [-0.3, -0.25) is 14.5 Å². The molecule has 6 nitrogen and oxygen atoms in total. The van der Waals surface area contributed by atoms with Crippen molar-refractivity contribution in [1.82, 2.24) is 24.6 Å². The van der Waals surface area contributed by atoms with Crippen LogP contribution in [-0.2, 0) is 11.3 Å². The molecule has 0 radical (unpaired) electrons. The number of carbonyl (C=O) groups excluding carboxylic acids is 1. The first-order valence-corrected chi connectivity index (χ1v) is 11.7. The van der Waals surface area contributed by atoms with Gasteiger partial charge in [-0.2, -0.15) is 5.10 Å². The predicted octanol–water partition coefficient (Wildman–Crippen LogP) is 5.01. The summed E-state index contributed by atoms with van der Waals surface area (Å²) in [6.07, 6.45) is 5.11. The number of H-pyrrole nitrogens is 2. The van der Waals surface area contributed by atoms with E-state index in [0.717, 1.165) is 61.4 Å². The Labute approximate surface area is 191 Å². The summed E-state index contributed by atoms with van der Waals surface area (Å²) in [5, 5.41) is 8.70. The average Bonchev–Trinajstić information content (AvgIpc) is 3.21. The van der Waals surface area contributed by atoms with Gasteiger partial charge in [-0.1, -0.05) is 36.4 Å². The number of hydrogen-bond acceptors (Lipinski definition) is 3. The molecule has 2 N–H and O–H groups in total. The van der Waals surface area contributed by atoms with Crippen LogP contribution in [0.4, 0.5) is 0 Å². The highest BCUT2D eigenvalue weighted by molar-refractivity contribution is 7.71. The van der Waals surface area contributed by atoms with Crippen molar-refractivity contribution in [3.05, 3.63) is 59.5 Å². The van der Waals surface area contributed by atoms with E-state index in [9.17, 15) is 4.79 Å². The molecule has 1 aliphatic heterocycles. The van der Waals surface area contributed by atoms with Crippen molar-refractivity contribution < 1.29 is 4.79 Å². The largest absolute Gasteiger partial charge is 0.361 e. The summed E-state index contributed by atoms with van der Waals surface area (Å²) in [7, 11) is 0. The SMILES string of the molecule is O=C(C1CC1)N1CCC(Cn2c(-c3ccc(-c4ccc5cc[nH]c5c4)cc3)n[nH]c2=S)C1. The number of nitrogens with zero attached hydrogens (tertiary/aromatic N) is 3. The number of likely N-dealkylation sites (tertiary alicyclic amines) is 1. The Hall–Kier alpha value is -3.19. The van der Waals surface area contributed by atoms with Gasteiger partial charge in [-0.25, -0.2) is 0 Å². The fraction of sp³-hybridized carbons (Fsp3) is 0.320. The lowest BCUT2D eigenvalue weighted by Gasteiger charge is -2.17. The summed E-state index contributed by atoms with van der Waals surface area (Å²) in [6, 6.07) is 17.0. The Morgan fingerprint density at radius 3 is 2.62 bits per heavy atom. The zero-order chi connectivity index (χ0) is 21.7. The number of amides is 1. The summed E-state index contributed by atoms with van der Waals surface area (Å²) in [5.74, 6) is 1.90. The van der Waals surface area contributed by atoms with E-state index in [1.54, 1.807) is 0 Å². The summed E-state index contributed by atoms with van der Waals surface area (Å²) in [5.41, 5.74) is 4.51. The van der Waals surface area contributed by atoms with E-state index >= 15 is 0 Å². The molecule has 2 fully saturated rings. The van der Waals surface area contributed by atoms with Gasteiger partial charge in [-0.05, 0) is 66.0 Å². The lowest BCUT2D eigenvalue weighted by atomic mass is 10.0. The lowest BCUT2D eigenvalue weighted by Crippen LogP contribution is -2.30. The maximum atomic E-state index is 12.4. The van der Waals surface area contributed by atoms with Gasteiger partial charge in [0.15, 0.2) is 10.6 Å². The monoisotopic (exact) mass is 443 g/mol. The van der Waals surface area contributed by atoms with Gasteiger partial charge >= 0.3 is 0 Å². The van der Waals surface area contributed by atoms with Gasteiger partial charge in [0, 0.05) is 42.8 Å². The predicted molar refractivity (Wildman–Crippen MR) is 128 cm³/mol. The van der Waals surface area contributed by atoms with Crippen molar-refractivity contribution in [2.24, 2.45) is 11.8 Å². The molecule has 6 rings (SSSR count). The van der Waals surface area contributed by atoms with Crippen LogP contribution in [0.25, 0.3) is 33.4 Å². The van der Waals surface area contributed by atoms with Crippen LogP contribution in [0.3, 0.4) is 0 Å². The molecule has 7 heteroatoms. The average molecular weight is 444 g/mol. The molecule has 1 unspecified atom stereocenters. The fourth-order valence-corrected chi connectivity index (χ4v) is 4.98. The molecule has 1 amide bonds. The third kappa shape index (κ3) is 3.56. The fourth-order valence-electron chi connectivity index (χ4n) is 4.78. The third-order valence-corrected chi connectivity index (χ3v) is 7.07. The van der Waals surface area contributed by atoms with Crippen molar-refractivity contribution in [3.8, 4) is 22.5 Å². The molecule has 2 aromatic heterocycles. The second-order valence-corrected chi connectivity index (χ2v) is 9.42. The van der Waals surface area contributed by atoms with Crippen LogP contribution in [0.15, 0.2) is 54.7 Å². The van der Waals surface area contributed by atoms with Gasteiger partial charge in [-0.15, -0.1) is 0 Å². The topological polar surface area (TPSA) is 69.7 Å². The zero-order valence-corrected chi connectivity index (χ0v) is 18.6. The second-order valence-electron chi connectivity index (χ2n) is 9.03. The van der Waals surface area contributed by atoms with Gasteiger partial charge < -0.3 is 9.88 Å². The molecule has 0 spiro atoms. The summed E-state index contributed by atoms with van der Waals surface area (Å²) >= 11 is 5.54. The maximum absolute atomic E-state index is 12.4. The number of hydrogen-bond donors (Lipinski definition) is 2. The molecule has 3 heterocycles. The van der Waals surface area contributed by atoms with Crippen LogP contribution in [0, 0.1) is 16.6 Å². The van der Waals surface area contributed by atoms with Crippen molar-refractivity contribution >= 4 is 29.0 Å². The first-order chi connectivity index (χ1) is 15.7. The van der Waals surface area contributed by atoms with E-state index in [1.807, 2.05) is 11.1 Å². The van der Waals surface area contributed by atoms with E-state index in [2.05, 4.69) is 68.3 Å². The van der Waals surface area contributed by atoms with Gasteiger partial charge in [0.05, 0.1) is 0 Å². The second kappa shape index (κ2) is 7.74. The molecular weight excluding hydrogens is 418 g/mol. The molecule has 1 saturated carbocycles. The quantitative estimate of drug-likeness (QED) is 0.426. The number of aromatic nitrogens is 4. The number of carbonyl (C=O) groups is 1. The standard InChI is InChI=1S/C25H25N5OS/c31-24(20-6-7-20)29-12-10-16(14-29)15-30-23(27-28-25(30)32)19-4-1-17(2-5-19)21-8-3-18-9-11-26-22(18)13-21/h1-5,8-9,11,13,16,20,26H,6-7,10,12,14-15H2,(H,28,32). The van der Waals surface area contributed by atoms with E-state index in [4.69, 9.17) is 12.2 Å². The first-order valence-electron chi connectivity index (χ1n) is 11.3. The van der Waals surface area contributed by atoms with Crippen LogP contribution >= 0.6 is 12.2 Å². The van der Waals surface area contributed by atoms with Gasteiger partial charge in [0.2, 0.25) is 5.91 Å². The van der Waals surface area contributed by atoms with Crippen molar-refractivity contribution in [1.29, 1.82) is 0 Å². The van der Waals surface area contributed by atoms with Crippen LogP contribution < -0.4 is 0 Å². The highest BCUT2D eigenvalue weighted by Gasteiger charge is 2.36. The number of rotatable bonds is 5. The van der Waals surface area contributed by atoms with Crippen LogP contribution in [0.2, 0.25) is 0 Å². The number of nitrogens with one attached hydrogen (secondary N) is 2. The minimum Gasteiger partial charge on any atom is -0.361 e. The molecule has 2 aromatic carbocycles. The Kier molecular flexibility index (Phi) is 4.72. The summed E-state index contributed by atoms with van der Waals surface area (Å²) in [6.45, 7) is 2.46. The molecule has 4 aromatic rings. The highest BCUT2D eigenvalue weighted by atomic mass is 32.1. The molecule has 0 bridgehead atoms. The van der Waals surface area contributed by atoms with Crippen LogP contribution in [0.5, 0.6) is 0 Å². The van der Waals surface area contributed by atoms with E-state index in [0.29, 0.717) is 16.6 Å². The minimum absolute atomic E-state index is 0.289. The van der Waals surface area contributed by atoms with E-state index in [1.165, 1.54) is 10.9 Å². The first kappa shape index (κ1) is 19.5. The van der Waals surface area contributed by atoms with Crippen LogP contribution in [0.1, 0.15) is 19.3 Å². The summed E-state index contributed by atoms with van der Waals surface area (Å²) in [4.78, 5) is 17.7.